The highest BCUT2D eigenvalue weighted by atomic mass is 28.4. The van der Waals surface area contributed by atoms with Gasteiger partial charge in [-0.2, -0.15) is 0 Å². The lowest BCUT2D eigenvalue weighted by Gasteiger charge is -2.32. The zero-order valence-corrected chi connectivity index (χ0v) is 16.6. The van der Waals surface area contributed by atoms with Gasteiger partial charge in [0.1, 0.15) is 0 Å². The number of ether oxygens (including phenoxy) is 3. The van der Waals surface area contributed by atoms with E-state index in [1.165, 1.54) is 6.08 Å². The Morgan fingerprint density at radius 1 is 0.923 bits per heavy atom. The number of hydrogen-bond donors (Lipinski definition) is 0. The molecule has 1 unspecified atom stereocenters. The molecule has 26 heavy (non-hydrogen) atoms. The largest absolute Gasteiger partial charge is 0.734 e. The van der Waals surface area contributed by atoms with E-state index in [0.29, 0.717) is 0 Å². The normalized spacial score (nSPS) is 13.2. The van der Waals surface area contributed by atoms with Crippen LogP contribution in [0.2, 0.25) is 0 Å². The Morgan fingerprint density at radius 2 is 1.42 bits per heavy atom. The van der Waals surface area contributed by atoms with E-state index >= 15 is 0 Å². The van der Waals surface area contributed by atoms with Crippen LogP contribution in [-0.4, -0.2) is 52.5 Å². The van der Waals surface area contributed by atoms with Crippen molar-refractivity contribution < 1.29 is 41.9 Å². The Balaban J connectivity index is 5.76. The molecule has 0 aliphatic heterocycles. The second kappa shape index (κ2) is 11.6. The lowest BCUT2D eigenvalue weighted by Crippen LogP contribution is -2.56. The van der Waals surface area contributed by atoms with E-state index in [0.717, 1.165) is 12.6 Å². The van der Waals surface area contributed by atoms with Crippen LogP contribution in [0.25, 0.3) is 0 Å². The van der Waals surface area contributed by atoms with Gasteiger partial charge in [-0.15, -0.1) is 6.58 Å². The van der Waals surface area contributed by atoms with Gasteiger partial charge in [-0.05, 0) is 20.8 Å². The minimum absolute atomic E-state index is 0.0571. The molecule has 0 aromatic carbocycles. The minimum atomic E-state index is -4.27. The summed E-state index contributed by atoms with van der Waals surface area (Å²) in [5.74, 6) is -4.99. The molecule has 9 nitrogen and oxygen atoms in total. The third kappa shape index (κ3) is 7.08. The van der Waals surface area contributed by atoms with E-state index < -0.39 is 32.7 Å². The third-order valence-electron chi connectivity index (χ3n) is 2.59. The topological polar surface area (TPSA) is 107 Å². The van der Waals surface area contributed by atoms with E-state index in [-0.39, 0.29) is 26.2 Å². The maximum absolute atomic E-state index is 12.7. The fourth-order valence-corrected chi connectivity index (χ4v) is 3.33. The molecule has 0 aliphatic rings. The molecule has 0 spiro atoms. The average Bonchev–Trinajstić information content (AvgIpc) is 2.54. The maximum atomic E-state index is 12.7. The standard InChI is InChI=1S/C16H26O9Si/c1-7-12-14(18)24-26(11-5,23-13(6)17)25-15(19)16(20-8-2,21-9-3)22-10-4/h7,11H,1,5,8-10,12H2,2-4,6H3. The van der Waals surface area contributed by atoms with Crippen molar-refractivity contribution in [2.75, 3.05) is 19.8 Å². The van der Waals surface area contributed by atoms with Crippen molar-refractivity contribution in [3.63, 3.8) is 0 Å². The van der Waals surface area contributed by atoms with Gasteiger partial charge in [-0.1, -0.05) is 12.7 Å². The van der Waals surface area contributed by atoms with Gasteiger partial charge in [0.05, 0.1) is 26.2 Å². The highest BCUT2D eigenvalue weighted by molar-refractivity contribution is 6.70. The fraction of sp³-hybridized carbons (Fsp3) is 0.562. The first-order chi connectivity index (χ1) is 12.2. The Bertz CT molecular complexity index is 503. The third-order valence-corrected chi connectivity index (χ3v) is 4.65. The van der Waals surface area contributed by atoms with Gasteiger partial charge in [-0.25, -0.2) is 4.79 Å². The molecule has 0 heterocycles. The predicted molar refractivity (Wildman–Crippen MR) is 92.3 cm³/mol. The highest BCUT2D eigenvalue weighted by Gasteiger charge is 2.56. The molecule has 0 aromatic rings. The summed E-state index contributed by atoms with van der Waals surface area (Å²) in [6, 6.07) is 0. The molecular weight excluding hydrogens is 364 g/mol. The molecule has 0 saturated carbocycles. The number of carbonyl (C=O) groups excluding carboxylic acids is 3. The fourth-order valence-electron chi connectivity index (χ4n) is 1.77. The summed E-state index contributed by atoms with van der Waals surface area (Å²) in [6.07, 6.45) is 1.10. The van der Waals surface area contributed by atoms with Crippen LogP contribution in [-0.2, 0) is 41.9 Å². The SMILES string of the molecule is C=CCC(=O)O[Si](C=C)(OC(C)=O)OC(=O)C(OCC)(OCC)OCC. The second-order valence-electron chi connectivity index (χ2n) is 4.61. The smallest absolute Gasteiger partial charge is 0.452 e. The van der Waals surface area contributed by atoms with Crippen molar-refractivity contribution in [2.24, 2.45) is 0 Å². The van der Waals surface area contributed by atoms with Gasteiger partial charge in [0, 0.05) is 12.6 Å². The van der Waals surface area contributed by atoms with Crippen LogP contribution in [0, 0.1) is 0 Å². The van der Waals surface area contributed by atoms with Gasteiger partial charge in [-0.3, -0.25) is 9.59 Å². The van der Waals surface area contributed by atoms with Crippen LogP contribution in [0.1, 0.15) is 34.1 Å². The monoisotopic (exact) mass is 390 g/mol. The molecule has 0 rings (SSSR count). The highest BCUT2D eigenvalue weighted by Crippen LogP contribution is 2.23. The van der Waals surface area contributed by atoms with Gasteiger partial charge in [0.15, 0.2) is 0 Å². The molecule has 0 amide bonds. The van der Waals surface area contributed by atoms with Crippen LogP contribution >= 0.6 is 0 Å². The number of rotatable bonds is 13. The zero-order valence-electron chi connectivity index (χ0n) is 15.6. The summed E-state index contributed by atoms with van der Waals surface area (Å²) < 4.78 is 31.2. The summed E-state index contributed by atoms with van der Waals surface area (Å²) in [4.78, 5) is 36.0. The first-order valence-electron chi connectivity index (χ1n) is 8.05. The van der Waals surface area contributed by atoms with Crippen LogP contribution in [0.3, 0.4) is 0 Å². The van der Waals surface area contributed by atoms with Crippen molar-refractivity contribution in [2.45, 2.75) is 40.1 Å². The molecule has 0 aliphatic carbocycles. The quantitative estimate of drug-likeness (QED) is 0.263. The van der Waals surface area contributed by atoms with E-state index in [1.807, 2.05) is 0 Å². The van der Waals surface area contributed by atoms with Crippen LogP contribution in [0.4, 0.5) is 0 Å². The summed E-state index contributed by atoms with van der Waals surface area (Å²) in [7, 11) is -4.27. The predicted octanol–water partition coefficient (Wildman–Crippen LogP) is 1.64. The van der Waals surface area contributed by atoms with Crippen molar-refractivity contribution in [3.05, 3.63) is 24.9 Å². The van der Waals surface area contributed by atoms with Gasteiger partial charge in [0.2, 0.25) is 0 Å². The van der Waals surface area contributed by atoms with Crippen LogP contribution in [0.5, 0.6) is 0 Å². The van der Waals surface area contributed by atoms with E-state index in [2.05, 4.69) is 13.2 Å². The first kappa shape index (κ1) is 24.0. The molecule has 10 heteroatoms. The van der Waals surface area contributed by atoms with Gasteiger partial charge >= 0.3 is 26.7 Å². The summed E-state index contributed by atoms with van der Waals surface area (Å²) in [5, 5.41) is 0. The molecule has 0 saturated heterocycles. The Hall–Kier alpha value is -2.01. The maximum Gasteiger partial charge on any atom is 0.734 e. The minimum Gasteiger partial charge on any atom is -0.452 e. The van der Waals surface area contributed by atoms with Gasteiger partial charge in [0.25, 0.3) is 5.97 Å². The zero-order chi connectivity index (χ0) is 20.2. The Morgan fingerprint density at radius 3 is 1.77 bits per heavy atom. The lowest BCUT2D eigenvalue weighted by atomic mass is 10.4. The summed E-state index contributed by atoms with van der Waals surface area (Å²) in [6.45, 7) is 13.0. The van der Waals surface area contributed by atoms with Crippen LogP contribution < -0.4 is 0 Å². The molecule has 0 fully saturated rings. The average molecular weight is 390 g/mol. The van der Waals surface area contributed by atoms with E-state index in [4.69, 9.17) is 27.5 Å². The van der Waals surface area contributed by atoms with E-state index in [1.54, 1.807) is 20.8 Å². The summed E-state index contributed by atoms with van der Waals surface area (Å²) in [5.41, 5.74) is 0.974. The molecule has 0 aromatic heterocycles. The van der Waals surface area contributed by atoms with Crippen molar-refractivity contribution in [1.29, 1.82) is 0 Å². The Labute approximate surface area is 154 Å². The Kier molecular flexibility index (Phi) is 10.7. The first-order valence-corrected chi connectivity index (χ1v) is 9.86. The molecule has 1 atom stereocenters. The molecule has 0 radical (unpaired) electrons. The molecule has 0 N–H and O–H groups in total. The number of hydrogen-bond acceptors (Lipinski definition) is 9. The molecule has 148 valence electrons. The van der Waals surface area contributed by atoms with Crippen LogP contribution in [0.15, 0.2) is 24.9 Å². The van der Waals surface area contributed by atoms with Crippen molar-refractivity contribution >= 4 is 26.7 Å². The molecule has 0 bridgehead atoms. The second-order valence-corrected chi connectivity index (χ2v) is 6.84. The van der Waals surface area contributed by atoms with Gasteiger partial charge < -0.3 is 27.5 Å². The summed E-state index contributed by atoms with van der Waals surface area (Å²) >= 11 is 0. The van der Waals surface area contributed by atoms with Crippen molar-refractivity contribution in [1.82, 2.24) is 0 Å². The number of carbonyl (C=O) groups is 3. The van der Waals surface area contributed by atoms with Crippen molar-refractivity contribution in [3.8, 4) is 0 Å². The lowest BCUT2D eigenvalue weighted by molar-refractivity contribution is -0.358. The van der Waals surface area contributed by atoms with E-state index in [9.17, 15) is 14.4 Å². The molecular formula is C16H26O9Si.